The third kappa shape index (κ3) is 3.79. The van der Waals surface area contributed by atoms with Gasteiger partial charge in [-0.3, -0.25) is 0 Å². The summed E-state index contributed by atoms with van der Waals surface area (Å²) in [6.45, 7) is 0.308. The van der Waals surface area contributed by atoms with Crippen LogP contribution in [0.5, 0.6) is 5.75 Å². The lowest BCUT2D eigenvalue weighted by Crippen LogP contribution is -1.88. The van der Waals surface area contributed by atoms with Crippen molar-refractivity contribution in [2.75, 3.05) is 13.7 Å². The standard InChI is InChI=1S/C12H18O2/c1-14-12-8-6-11(7-9-12)5-3-2-4-10-13/h6-9,13H,2-5,10H2,1H3. The molecule has 0 aliphatic carbocycles. The summed E-state index contributed by atoms with van der Waals surface area (Å²) >= 11 is 0. The van der Waals surface area contributed by atoms with Crippen LogP contribution in [0.15, 0.2) is 24.3 Å². The molecule has 1 aromatic rings. The van der Waals surface area contributed by atoms with Crippen LogP contribution in [0.2, 0.25) is 0 Å². The normalized spacial score (nSPS) is 10.1. The zero-order valence-electron chi connectivity index (χ0n) is 8.70. The molecule has 0 radical (unpaired) electrons. The number of ether oxygens (including phenoxy) is 1. The van der Waals surface area contributed by atoms with Gasteiger partial charge >= 0.3 is 0 Å². The maximum atomic E-state index is 8.62. The van der Waals surface area contributed by atoms with Crippen LogP contribution < -0.4 is 4.74 Å². The molecule has 0 saturated heterocycles. The van der Waals surface area contributed by atoms with Crippen molar-refractivity contribution < 1.29 is 9.84 Å². The summed E-state index contributed by atoms with van der Waals surface area (Å²) in [5, 5.41) is 8.62. The predicted octanol–water partition coefficient (Wildman–Crippen LogP) is 2.40. The number of hydrogen-bond acceptors (Lipinski definition) is 2. The number of unbranched alkanes of at least 4 members (excludes halogenated alkanes) is 2. The zero-order chi connectivity index (χ0) is 10.2. The minimum atomic E-state index is 0.308. The first kappa shape index (κ1) is 11.1. The van der Waals surface area contributed by atoms with E-state index in [2.05, 4.69) is 12.1 Å². The van der Waals surface area contributed by atoms with Gasteiger partial charge in [0.25, 0.3) is 0 Å². The van der Waals surface area contributed by atoms with E-state index in [9.17, 15) is 0 Å². The van der Waals surface area contributed by atoms with Gasteiger partial charge in [0.15, 0.2) is 0 Å². The van der Waals surface area contributed by atoms with E-state index < -0.39 is 0 Å². The maximum Gasteiger partial charge on any atom is 0.118 e. The number of aliphatic hydroxyl groups is 1. The Balaban J connectivity index is 2.29. The van der Waals surface area contributed by atoms with Gasteiger partial charge in [0.1, 0.15) is 5.75 Å². The smallest absolute Gasteiger partial charge is 0.118 e. The molecule has 0 heterocycles. The Morgan fingerprint density at radius 3 is 2.36 bits per heavy atom. The monoisotopic (exact) mass is 194 g/mol. The first-order valence-electron chi connectivity index (χ1n) is 5.10. The van der Waals surface area contributed by atoms with Crippen LogP contribution in [0.4, 0.5) is 0 Å². The predicted molar refractivity (Wildman–Crippen MR) is 57.6 cm³/mol. The number of methoxy groups -OCH3 is 1. The Kier molecular flexibility index (Phi) is 5.08. The molecule has 78 valence electrons. The Bertz CT molecular complexity index is 241. The maximum absolute atomic E-state index is 8.62. The Labute approximate surface area is 85.5 Å². The molecule has 1 aromatic carbocycles. The van der Waals surface area contributed by atoms with Gasteiger partial charge in [-0.25, -0.2) is 0 Å². The summed E-state index contributed by atoms with van der Waals surface area (Å²) in [7, 11) is 1.68. The summed E-state index contributed by atoms with van der Waals surface area (Å²) in [4.78, 5) is 0. The number of hydrogen-bond donors (Lipinski definition) is 1. The van der Waals surface area contributed by atoms with Crippen molar-refractivity contribution in [1.29, 1.82) is 0 Å². The molecule has 0 spiro atoms. The summed E-state index contributed by atoms with van der Waals surface area (Å²) in [5.41, 5.74) is 1.34. The lowest BCUT2D eigenvalue weighted by Gasteiger charge is -2.02. The molecular weight excluding hydrogens is 176 g/mol. The minimum Gasteiger partial charge on any atom is -0.497 e. The lowest BCUT2D eigenvalue weighted by atomic mass is 10.1. The molecule has 0 fully saturated rings. The van der Waals surface area contributed by atoms with E-state index >= 15 is 0 Å². The second kappa shape index (κ2) is 6.44. The van der Waals surface area contributed by atoms with E-state index in [0.29, 0.717) is 6.61 Å². The van der Waals surface area contributed by atoms with Crippen molar-refractivity contribution >= 4 is 0 Å². The molecule has 0 amide bonds. The van der Waals surface area contributed by atoms with Crippen LogP contribution in [-0.2, 0) is 6.42 Å². The molecule has 1 rings (SSSR count). The second-order valence-corrected chi connectivity index (χ2v) is 3.38. The molecule has 0 aromatic heterocycles. The van der Waals surface area contributed by atoms with Crippen LogP contribution in [0.1, 0.15) is 24.8 Å². The van der Waals surface area contributed by atoms with Crippen LogP contribution >= 0.6 is 0 Å². The van der Waals surface area contributed by atoms with E-state index in [1.807, 2.05) is 12.1 Å². The summed E-state index contributed by atoms with van der Waals surface area (Å²) in [6.07, 6.45) is 4.25. The fourth-order valence-electron chi connectivity index (χ4n) is 1.41. The molecule has 14 heavy (non-hydrogen) atoms. The van der Waals surface area contributed by atoms with Crippen molar-refractivity contribution in [3.8, 4) is 5.75 Å². The fraction of sp³-hybridized carbons (Fsp3) is 0.500. The highest BCUT2D eigenvalue weighted by Crippen LogP contribution is 2.13. The van der Waals surface area contributed by atoms with Gasteiger partial charge < -0.3 is 9.84 Å². The van der Waals surface area contributed by atoms with Crippen LogP contribution in [-0.4, -0.2) is 18.8 Å². The van der Waals surface area contributed by atoms with Crippen LogP contribution in [0, 0.1) is 0 Å². The van der Waals surface area contributed by atoms with Gasteiger partial charge in [-0.1, -0.05) is 18.6 Å². The van der Waals surface area contributed by atoms with Gasteiger partial charge in [0.2, 0.25) is 0 Å². The van der Waals surface area contributed by atoms with E-state index in [1.54, 1.807) is 7.11 Å². The Morgan fingerprint density at radius 2 is 1.79 bits per heavy atom. The van der Waals surface area contributed by atoms with E-state index in [1.165, 1.54) is 5.56 Å². The third-order valence-corrected chi connectivity index (χ3v) is 2.28. The average molecular weight is 194 g/mol. The fourth-order valence-corrected chi connectivity index (χ4v) is 1.41. The van der Waals surface area contributed by atoms with Crippen molar-refractivity contribution in [2.24, 2.45) is 0 Å². The van der Waals surface area contributed by atoms with Crippen molar-refractivity contribution in [3.05, 3.63) is 29.8 Å². The highest BCUT2D eigenvalue weighted by Gasteiger charge is 1.94. The summed E-state index contributed by atoms with van der Waals surface area (Å²) in [6, 6.07) is 8.16. The molecule has 0 saturated carbocycles. The molecule has 0 aliphatic heterocycles. The van der Waals surface area contributed by atoms with Crippen molar-refractivity contribution in [1.82, 2.24) is 0 Å². The topological polar surface area (TPSA) is 29.5 Å². The molecule has 0 atom stereocenters. The van der Waals surface area contributed by atoms with Gasteiger partial charge in [0.05, 0.1) is 7.11 Å². The van der Waals surface area contributed by atoms with Gasteiger partial charge in [-0.2, -0.15) is 0 Å². The SMILES string of the molecule is COc1ccc(CCCCCO)cc1. The summed E-state index contributed by atoms with van der Waals surface area (Å²) < 4.78 is 5.08. The van der Waals surface area contributed by atoms with E-state index in [-0.39, 0.29) is 0 Å². The third-order valence-electron chi connectivity index (χ3n) is 2.28. The molecule has 1 N–H and O–H groups in total. The lowest BCUT2D eigenvalue weighted by molar-refractivity contribution is 0.283. The minimum absolute atomic E-state index is 0.308. The van der Waals surface area contributed by atoms with Crippen molar-refractivity contribution in [3.63, 3.8) is 0 Å². The Hall–Kier alpha value is -1.02. The number of rotatable bonds is 6. The van der Waals surface area contributed by atoms with Crippen LogP contribution in [0.25, 0.3) is 0 Å². The van der Waals surface area contributed by atoms with E-state index in [4.69, 9.17) is 9.84 Å². The average Bonchev–Trinajstić information content (AvgIpc) is 2.25. The molecule has 0 unspecified atom stereocenters. The van der Waals surface area contributed by atoms with Crippen molar-refractivity contribution in [2.45, 2.75) is 25.7 Å². The highest BCUT2D eigenvalue weighted by molar-refractivity contribution is 5.27. The molecular formula is C12H18O2. The zero-order valence-corrected chi connectivity index (χ0v) is 8.70. The number of benzene rings is 1. The number of aryl methyl sites for hydroxylation is 1. The number of aliphatic hydroxyl groups excluding tert-OH is 1. The Morgan fingerprint density at radius 1 is 1.07 bits per heavy atom. The highest BCUT2D eigenvalue weighted by atomic mass is 16.5. The first-order valence-corrected chi connectivity index (χ1v) is 5.10. The molecule has 2 heteroatoms. The quantitative estimate of drug-likeness (QED) is 0.705. The van der Waals surface area contributed by atoms with E-state index in [0.717, 1.165) is 31.4 Å². The van der Waals surface area contributed by atoms with Gasteiger partial charge in [-0.05, 0) is 37.0 Å². The largest absolute Gasteiger partial charge is 0.497 e. The molecule has 2 nitrogen and oxygen atoms in total. The summed E-state index contributed by atoms with van der Waals surface area (Å²) in [5.74, 6) is 0.907. The second-order valence-electron chi connectivity index (χ2n) is 3.38. The van der Waals surface area contributed by atoms with Gasteiger partial charge in [0, 0.05) is 6.61 Å². The van der Waals surface area contributed by atoms with Crippen LogP contribution in [0.3, 0.4) is 0 Å². The molecule has 0 bridgehead atoms. The molecule has 0 aliphatic rings. The first-order chi connectivity index (χ1) is 6.86. The van der Waals surface area contributed by atoms with Gasteiger partial charge in [-0.15, -0.1) is 0 Å².